The van der Waals surface area contributed by atoms with Crippen molar-refractivity contribution >= 4 is 45.5 Å². The topological polar surface area (TPSA) is 61.8 Å². The molecule has 1 aromatic heterocycles. The zero-order chi connectivity index (χ0) is 21.7. The largest absolute Gasteiger partial charge is 0.497 e. The number of thiocarbonyl (C=S) groups is 1. The maximum Gasteiger partial charge on any atom is 0.253 e. The molecule has 0 aliphatic carbocycles. The first-order valence-corrected chi connectivity index (χ1v) is 10.4. The molecule has 1 heterocycles. The number of nitrogens with one attached hydrogen (secondary N) is 3. The molecule has 0 saturated heterocycles. The van der Waals surface area contributed by atoms with Crippen LogP contribution in [0.4, 0.5) is 5.69 Å². The van der Waals surface area contributed by atoms with Crippen LogP contribution in [0.3, 0.4) is 0 Å². The lowest BCUT2D eigenvalue weighted by Crippen LogP contribution is -3.06. The van der Waals surface area contributed by atoms with Crippen molar-refractivity contribution in [3.05, 3.63) is 69.5 Å². The van der Waals surface area contributed by atoms with Gasteiger partial charge in [0.15, 0.2) is 5.11 Å². The van der Waals surface area contributed by atoms with Crippen molar-refractivity contribution in [1.82, 2.24) is 9.88 Å². The summed E-state index contributed by atoms with van der Waals surface area (Å²) in [6, 6.07) is 14.9. The van der Waals surface area contributed by atoms with Crippen LogP contribution >= 0.6 is 23.8 Å². The van der Waals surface area contributed by atoms with Gasteiger partial charge < -0.3 is 24.8 Å². The van der Waals surface area contributed by atoms with Gasteiger partial charge in [0.25, 0.3) is 5.56 Å². The van der Waals surface area contributed by atoms with Gasteiger partial charge in [0.2, 0.25) is 0 Å². The van der Waals surface area contributed by atoms with Crippen molar-refractivity contribution in [3.8, 4) is 5.75 Å². The Hall–Kier alpha value is -2.61. The van der Waals surface area contributed by atoms with Gasteiger partial charge in [0.1, 0.15) is 5.75 Å². The van der Waals surface area contributed by atoms with Crippen LogP contribution in [0.1, 0.15) is 5.56 Å². The minimum absolute atomic E-state index is 0.136. The fraction of sp³-hybridized carbons (Fsp3) is 0.273. The van der Waals surface area contributed by atoms with E-state index < -0.39 is 0 Å². The minimum atomic E-state index is -0.136. The predicted molar refractivity (Wildman–Crippen MR) is 127 cm³/mol. The lowest BCUT2D eigenvalue weighted by molar-refractivity contribution is -0.857. The number of likely N-dealkylation sites (N-methyl/N-ethyl adjacent to an activating group) is 1. The van der Waals surface area contributed by atoms with E-state index in [2.05, 4.69) is 24.4 Å². The maximum absolute atomic E-state index is 12.7. The van der Waals surface area contributed by atoms with Crippen molar-refractivity contribution < 1.29 is 9.64 Å². The number of aromatic nitrogens is 1. The third-order valence-electron chi connectivity index (χ3n) is 4.74. The van der Waals surface area contributed by atoms with Crippen LogP contribution in [0, 0.1) is 0 Å². The summed E-state index contributed by atoms with van der Waals surface area (Å²) in [6.07, 6.45) is 0. The number of pyridine rings is 1. The van der Waals surface area contributed by atoms with Crippen LogP contribution < -0.4 is 20.5 Å². The van der Waals surface area contributed by atoms with E-state index in [0.29, 0.717) is 34.5 Å². The molecular formula is C22H26ClN4O2S+. The summed E-state index contributed by atoms with van der Waals surface area (Å²) >= 11 is 11.7. The molecule has 0 radical (unpaired) electrons. The molecular weight excluding hydrogens is 420 g/mol. The number of halogens is 1. The van der Waals surface area contributed by atoms with Crippen molar-refractivity contribution in [2.75, 3.05) is 39.6 Å². The SMILES string of the molecule is COc1ccc2cc(CN(CC[NH+](C)C)C(=S)Nc3cccc(Cl)c3)c(=O)[nH]c2c1. The summed E-state index contributed by atoms with van der Waals surface area (Å²) < 4.78 is 5.24. The summed E-state index contributed by atoms with van der Waals surface area (Å²) in [4.78, 5) is 19.0. The average molecular weight is 446 g/mol. The second kappa shape index (κ2) is 9.93. The zero-order valence-electron chi connectivity index (χ0n) is 17.3. The number of fused-ring (bicyclic) bond motifs is 1. The van der Waals surface area contributed by atoms with Gasteiger partial charge in [-0.25, -0.2) is 0 Å². The molecule has 8 heteroatoms. The van der Waals surface area contributed by atoms with Gasteiger partial charge in [0, 0.05) is 22.3 Å². The van der Waals surface area contributed by atoms with Gasteiger partial charge in [0.05, 0.1) is 46.4 Å². The number of aromatic amines is 1. The molecule has 3 rings (SSSR count). The van der Waals surface area contributed by atoms with Crippen molar-refractivity contribution in [2.24, 2.45) is 0 Å². The molecule has 2 aromatic carbocycles. The quantitative estimate of drug-likeness (QED) is 0.488. The third kappa shape index (κ3) is 5.72. The Kier molecular flexibility index (Phi) is 7.31. The van der Waals surface area contributed by atoms with E-state index in [1.165, 1.54) is 4.90 Å². The third-order valence-corrected chi connectivity index (χ3v) is 5.33. The molecule has 0 fully saturated rings. The number of hydrogen-bond donors (Lipinski definition) is 3. The summed E-state index contributed by atoms with van der Waals surface area (Å²) in [5.74, 6) is 0.702. The number of benzene rings is 2. The van der Waals surface area contributed by atoms with Crippen molar-refractivity contribution in [1.29, 1.82) is 0 Å². The van der Waals surface area contributed by atoms with Crippen molar-refractivity contribution in [3.63, 3.8) is 0 Å². The fourth-order valence-corrected chi connectivity index (χ4v) is 3.52. The molecule has 0 amide bonds. The number of anilines is 1. The summed E-state index contributed by atoms with van der Waals surface area (Å²) in [7, 11) is 5.77. The van der Waals surface area contributed by atoms with Crippen LogP contribution in [0.15, 0.2) is 53.3 Å². The van der Waals surface area contributed by atoms with Crippen LogP contribution in [0.2, 0.25) is 5.02 Å². The Labute approximate surface area is 186 Å². The summed E-state index contributed by atoms with van der Waals surface area (Å²) in [5, 5.41) is 5.36. The average Bonchev–Trinajstić information content (AvgIpc) is 2.70. The lowest BCUT2D eigenvalue weighted by atomic mass is 10.1. The van der Waals surface area contributed by atoms with Gasteiger partial charge in [-0.1, -0.05) is 17.7 Å². The Morgan fingerprint density at radius 1 is 1.23 bits per heavy atom. The molecule has 0 aliphatic heterocycles. The molecule has 30 heavy (non-hydrogen) atoms. The maximum atomic E-state index is 12.7. The summed E-state index contributed by atoms with van der Waals surface area (Å²) in [6.45, 7) is 1.98. The molecule has 0 saturated carbocycles. The molecule has 0 atom stereocenters. The summed E-state index contributed by atoms with van der Waals surface area (Å²) in [5.41, 5.74) is 2.07. The highest BCUT2D eigenvalue weighted by molar-refractivity contribution is 7.80. The highest BCUT2D eigenvalue weighted by Crippen LogP contribution is 2.19. The Morgan fingerprint density at radius 3 is 2.73 bits per heavy atom. The van der Waals surface area contributed by atoms with E-state index in [1.54, 1.807) is 7.11 Å². The Balaban J connectivity index is 1.85. The first kappa shape index (κ1) is 22.1. The lowest BCUT2D eigenvalue weighted by Gasteiger charge is -2.26. The minimum Gasteiger partial charge on any atom is -0.497 e. The Morgan fingerprint density at radius 2 is 2.03 bits per heavy atom. The van der Waals surface area contributed by atoms with Gasteiger partial charge in [-0.05, 0) is 54.0 Å². The smallest absolute Gasteiger partial charge is 0.253 e. The van der Waals surface area contributed by atoms with E-state index in [1.807, 2.05) is 53.4 Å². The number of rotatable bonds is 7. The highest BCUT2D eigenvalue weighted by atomic mass is 35.5. The highest BCUT2D eigenvalue weighted by Gasteiger charge is 2.15. The standard InChI is InChI=1S/C22H25ClN4O2S/c1-26(2)9-10-27(22(30)24-18-6-4-5-17(23)12-18)14-16-11-15-7-8-19(29-3)13-20(15)25-21(16)28/h4-8,11-13H,9-10,14H2,1-3H3,(H,24,30)(H,25,28)/p+1. The molecule has 0 unspecified atom stereocenters. The monoisotopic (exact) mass is 445 g/mol. The number of hydrogen-bond acceptors (Lipinski definition) is 3. The number of methoxy groups -OCH3 is 1. The number of nitrogens with zero attached hydrogens (tertiary/aromatic N) is 1. The van der Waals surface area contributed by atoms with Crippen LogP contribution in [0.5, 0.6) is 5.75 Å². The first-order valence-electron chi connectivity index (χ1n) is 9.66. The molecule has 0 aliphatic rings. The van der Waals surface area contributed by atoms with Crippen molar-refractivity contribution in [2.45, 2.75) is 6.54 Å². The molecule has 3 N–H and O–H groups in total. The van der Waals surface area contributed by atoms with Gasteiger partial charge in [-0.3, -0.25) is 4.79 Å². The molecule has 158 valence electrons. The van der Waals surface area contributed by atoms with Crippen LogP contribution in [-0.2, 0) is 6.54 Å². The van der Waals surface area contributed by atoms with E-state index in [-0.39, 0.29) is 5.56 Å². The zero-order valence-corrected chi connectivity index (χ0v) is 18.9. The normalized spacial score (nSPS) is 11.0. The van der Waals surface area contributed by atoms with E-state index >= 15 is 0 Å². The van der Waals surface area contributed by atoms with E-state index in [9.17, 15) is 4.79 Å². The second-order valence-electron chi connectivity index (χ2n) is 7.40. The fourth-order valence-electron chi connectivity index (χ4n) is 3.06. The van der Waals surface area contributed by atoms with Crippen LogP contribution in [0.25, 0.3) is 10.9 Å². The number of H-pyrrole nitrogens is 1. The van der Waals surface area contributed by atoms with E-state index in [0.717, 1.165) is 23.1 Å². The number of ether oxygens (including phenoxy) is 1. The first-order chi connectivity index (χ1) is 14.4. The van der Waals surface area contributed by atoms with Gasteiger partial charge >= 0.3 is 0 Å². The molecule has 0 spiro atoms. The van der Waals surface area contributed by atoms with Crippen LogP contribution in [-0.4, -0.2) is 49.3 Å². The molecule has 0 bridgehead atoms. The van der Waals surface area contributed by atoms with Gasteiger partial charge in [-0.2, -0.15) is 0 Å². The second-order valence-corrected chi connectivity index (χ2v) is 8.22. The molecule has 6 nitrogen and oxygen atoms in total. The van der Waals surface area contributed by atoms with Gasteiger partial charge in [-0.15, -0.1) is 0 Å². The Bertz CT molecular complexity index is 1100. The number of quaternary nitrogens is 1. The molecule has 3 aromatic rings. The predicted octanol–water partition coefficient (Wildman–Crippen LogP) is 2.53. The van der Waals surface area contributed by atoms with E-state index in [4.69, 9.17) is 28.6 Å².